The van der Waals surface area contributed by atoms with Crippen LogP contribution in [0.4, 0.5) is 5.69 Å². The van der Waals surface area contributed by atoms with Gasteiger partial charge in [-0.2, -0.15) is 0 Å². The van der Waals surface area contributed by atoms with E-state index in [1.54, 1.807) is 12.1 Å². The molecule has 4 nitrogen and oxygen atoms in total. The number of nitrogens with one attached hydrogen (secondary N) is 1. The molecule has 0 aliphatic heterocycles. The molecule has 0 bridgehead atoms. The van der Waals surface area contributed by atoms with Crippen LogP contribution in [-0.4, -0.2) is 22.8 Å². The highest BCUT2D eigenvalue weighted by Gasteiger charge is 2.11. The molecule has 0 unspecified atom stereocenters. The number of alkyl halides is 2. The second-order valence-corrected chi connectivity index (χ2v) is 3.48. The Balaban J connectivity index is 2.64. The zero-order chi connectivity index (χ0) is 10.6. The maximum Gasteiger partial charge on any atom is 0.257 e. The van der Waals surface area contributed by atoms with Gasteiger partial charge in [0, 0.05) is 6.07 Å². The van der Waals surface area contributed by atoms with Gasteiger partial charge in [-0.3, -0.25) is 4.79 Å². The molecule has 0 aromatic carbocycles. The SMILES string of the molecule is COc1ccc(NC(=O)C(Cl)Cl)cn1. The van der Waals surface area contributed by atoms with Crippen molar-refractivity contribution in [2.24, 2.45) is 0 Å². The largest absolute Gasteiger partial charge is 0.481 e. The molecule has 76 valence electrons. The molecule has 0 saturated heterocycles. The average molecular weight is 235 g/mol. The number of nitrogens with zero attached hydrogens (tertiary/aromatic N) is 1. The first kappa shape index (κ1) is 11.1. The smallest absolute Gasteiger partial charge is 0.257 e. The van der Waals surface area contributed by atoms with Gasteiger partial charge in [0.15, 0.2) is 4.84 Å². The quantitative estimate of drug-likeness (QED) is 0.813. The fourth-order valence-electron chi connectivity index (χ4n) is 0.772. The summed E-state index contributed by atoms with van der Waals surface area (Å²) < 4.78 is 4.85. The molecular weight excluding hydrogens is 227 g/mol. The molecule has 0 spiro atoms. The third kappa shape index (κ3) is 3.05. The highest BCUT2D eigenvalue weighted by atomic mass is 35.5. The molecule has 6 heteroatoms. The predicted octanol–water partition coefficient (Wildman–Crippen LogP) is 1.83. The zero-order valence-corrected chi connectivity index (χ0v) is 8.84. The maximum atomic E-state index is 11.0. The monoisotopic (exact) mass is 234 g/mol. The Morgan fingerprint density at radius 3 is 2.71 bits per heavy atom. The van der Waals surface area contributed by atoms with E-state index >= 15 is 0 Å². The van der Waals surface area contributed by atoms with Crippen LogP contribution in [0.1, 0.15) is 0 Å². The summed E-state index contributed by atoms with van der Waals surface area (Å²) in [5.41, 5.74) is 0.516. The molecule has 0 radical (unpaired) electrons. The number of rotatable bonds is 3. The Bertz CT molecular complexity index is 314. The Morgan fingerprint density at radius 2 is 2.29 bits per heavy atom. The van der Waals surface area contributed by atoms with Crippen molar-refractivity contribution in [1.82, 2.24) is 4.98 Å². The molecule has 1 rings (SSSR count). The van der Waals surface area contributed by atoms with Gasteiger partial charge < -0.3 is 10.1 Å². The van der Waals surface area contributed by atoms with Gasteiger partial charge in [0.2, 0.25) is 5.88 Å². The number of methoxy groups -OCH3 is 1. The van der Waals surface area contributed by atoms with E-state index in [1.165, 1.54) is 13.3 Å². The van der Waals surface area contributed by atoms with Crippen LogP contribution in [0.3, 0.4) is 0 Å². The van der Waals surface area contributed by atoms with E-state index in [1.807, 2.05) is 0 Å². The molecule has 1 amide bonds. The second kappa shape index (κ2) is 5.02. The van der Waals surface area contributed by atoms with Crippen molar-refractivity contribution >= 4 is 34.8 Å². The molecule has 0 saturated carbocycles. The van der Waals surface area contributed by atoms with Gasteiger partial charge in [0.1, 0.15) is 0 Å². The molecule has 1 aromatic rings. The summed E-state index contributed by atoms with van der Waals surface area (Å²) in [6.45, 7) is 0. The van der Waals surface area contributed by atoms with Gasteiger partial charge in [0.05, 0.1) is 19.0 Å². The Kier molecular flexibility index (Phi) is 3.98. The van der Waals surface area contributed by atoms with Crippen LogP contribution in [-0.2, 0) is 4.79 Å². The first-order chi connectivity index (χ1) is 6.63. The third-order valence-corrected chi connectivity index (χ3v) is 1.81. The summed E-state index contributed by atoms with van der Waals surface area (Å²) in [6.07, 6.45) is 1.45. The van der Waals surface area contributed by atoms with Crippen molar-refractivity contribution in [2.75, 3.05) is 12.4 Å². The number of anilines is 1. The van der Waals surface area contributed by atoms with Crippen molar-refractivity contribution in [1.29, 1.82) is 0 Å². The van der Waals surface area contributed by atoms with Gasteiger partial charge in [-0.15, -0.1) is 0 Å². The second-order valence-electron chi connectivity index (χ2n) is 2.38. The summed E-state index contributed by atoms with van der Waals surface area (Å²) in [6, 6.07) is 3.26. The molecule has 1 N–H and O–H groups in total. The van der Waals surface area contributed by atoms with Crippen molar-refractivity contribution in [3.05, 3.63) is 18.3 Å². The third-order valence-electron chi connectivity index (χ3n) is 1.41. The van der Waals surface area contributed by atoms with Gasteiger partial charge in [0.25, 0.3) is 5.91 Å². The summed E-state index contributed by atoms with van der Waals surface area (Å²) in [5, 5.41) is 2.47. The van der Waals surface area contributed by atoms with Crippen molar-refractivity contribution < 1.29 is 9.53 Å². The van der Waals surface area contributed by atoms with Crippen LogP contribution < -0.4 is 10.1 Å². The minimum Gasteiger partial charge on any atom is -0.481 e. The van der Waals surface area contributed by atoms with Crippen molar-refractivity contribution in [3.8, 4) is 5.88 Å². The molecule has 0 atom stereocenters. The molecule has 0 aliphatic carbocycles. The van der Waals surface area contributed by atoms with Crippen LogP contribution in [0.15, 0.2) is 18.3 Å². The summed E-state index contributed by atoms with van der Waals surface area (Å²) >= 11 is 10.7. The van der Waals surface area contributed by atoms with Crippen LogP contribution >= 0.6 is 23.2 Å². The van der Waals surface area contributed by atoms with Gasteiger partial charge >= 0.3 is 0 Å². The van der Waals surface area contributed by atoms with E-state index in [2.05, 4.69) is 10.3 Å². The first-order valence-corrected chi connectivity index (χ1v) is 4.60. The number of carbonyl (C=O) groups excluding carboxylic acids is 1. The molecule has 1 heterocycles. The molecular formula is C8H8Cl2N2O2. The van der Waals surface area contributed by atoms with E-state index in [0.29, 0.717) is 11.6 Å². The number of pyridine rings is 1. The molecule has 1 aromatic heterocycles. The number of carbonyl (C=O) groups is 1. The van der Waals surface area contributed by atoms with E-state index < -0.39 is 10.7 Å². The first-order valence-electron chi connectivity index (χ1n) is 3.72. The van der Waals surface area contributed by atoms with E-state index in [9.17, 15) is 4.79 Å². The van der Waals surface area contributed by atoms with Crippen molar-refractivity contribution in [2.45, 2.75) is 4.84 Å². The normalized spacial score (nSPS) is 10.0. The van der Waals surface area contributed by atoms with Crippen LogP contribution in [0.2, 0.25) is 0 Å². The van der Waals surface area contributed by atoms with E-state index in [4.69, 9.17) is 27.9 Å². The topological polar surface area (TPSA) is 51.2 Å². The van der Waals surface area contributed by atoms with Gasteiger partial charge in [-0.25, -0.2) is 4.98 Å². The van der Waals surface area contributed by atoms with Gasteiger partial charge in [-0.1, -0.05) is 23.2 Å². The fraction of sp³-hybridized carbons (Fsp3) is 0.250. The number of amides is 1. The fourth-order valence-corrected chi connectivity index (χ4v) is 0.881. The van der Waals surface area contributed by atoms with Crippen LogP contribution in [0.25, 0.3) is 0 Å². The van der Waals surface area contributed by atoms with E-state index in [-0.39, 0.29) is 0 Å². The average Bonchev–Trinajstić information content (AvgIpc) is 2.19. The molecule has 0 aliphatic rings. The van der Waals surface area contributed by atoms with Crippen molar-refractivity contribution in [3.63, 3.8) is 0 Å². The Labute approximate surface area is 91.2 Å². The number of halogens is 2. The van der Waals surface area contributed by atoms with Gasteiger partial charge in [-0.05, 0) is 6.07 Å². The highest BCUT2D eigenvalue weighted by molar-refractivity contribution is 6.54. The lowest BCUT2D eigenvalue weighted by Crippen LogP contribution is -2.18. The molecule has 0 fully saturated rings. The zero-order valence-electron chi connectivity index (χ0n) is 7.33. The minimum absolute atomic E-state index is 0.469. The number of hydrogen-bond donors (Lipinski definition) is 1. The summed E-state index contributed by atoms with van der Waals surface area (Å²) in [5.74, 6) is -0.0170. The maximum absolute atomic E-state index is 11.0. The number of hydrogen-bond acceptors (Lipinski definition) is 3. The summed E-state index contributed by atoms with van der Waals surface area (Å²) in [7, 11) is 1.51. The highest BCUT2D eigenvalue weighted by Crippen LogP contribution is 2.12. The lowest BCUT2D eigenvalue weighted by Gasteiger charge is -2.05. The Morgan fingerprint density at radius 1 is 1.57 bits per heavy atom. The number of aromatic nitrogens is 1. The predicted molar refractivity (Wildman–Crippen MR) is 54.9 cm³/mol. The molecule has 14 heavy (non-hydrogen) atoms. The lowest BCUT2D eigenvalue weighted by molar-refractivity contribution is -0.114. The Hall–Kier alpha value is -1.00. The summed E-state index contributed by atoms with van der Waals surface area (Å²) in [4.78, 5) is 13.8. The minimum atomic E-state index is -1.09. The standard InChI is InChI=1S/C8H8Cl2N2O2/c1-14-6-3-2-5(4-11-6)12-8(13)7(9)10/h2-4,7H,1H3,(H,12,13). The van der Waals surface area contributed by atoms with Crippen LogP contribution in [0, 0.1) is 0 Å². The number of ether oxygens (including phenoxy) is 1. The lowest BCUT2D eigenvalue weighted by atomic mass is 10.4. The van der Waals surface area contributed by atoms with Crippen LogP contribution in [0.5, 0.6) is 5.88 Å². The van der Waals surface area contributed by atoms with E-state index in [0.717, 1.165) is 0 Å².